The molecule has 1 aromatic rings. The summed E-state index contributed by atoms with van der Waals surface area (Å²) in [4.78, 5) is 30.5. The third kappa shape index (κ3) is 3.58. The van der Waals surface area contributed by atoms with Crippen molar-refractivity contribution in [3.8, 4) is 0 Å². The number of carbonyl (C=O) groups is 2. The van der Waals surface area contributed by atoms with Crippen LogP contribution in [0, 0.1) is 13.8 Å². The summed E-state index contributed by atoms with van der Waals surface area (Å²) in [6, 6.07) is 5.76. The van der Waals surface area contributed by atoms with Crippen molar-refractivity contribution in [3.63, 3.8) is 0 Å². The highest BCUT2D eigenvalue weighted by Gasteiger charge is 2.50. The molecule has 1 amide bonds. The molecular formula is C18H23NO5S. The molecule has 136 valence electrons. The van der Waals surface area contributed by atoms with Crippen LogP contribution in [0.3, 0.4) is 0 Å². The van der Waals surface area contributed by atoms with Crippen molar-refractivity contribution < 1.29 is 23.9 Å². The van der Waals surface area contributed by atoms with Gasteiger partial charge in [-0.05, 0) is 62.4 Å². The molecule has 0 unspecified atom stereocenters. The summed E-state index contributed by atoms with van der Waals surface area (Å²) in [6.45, 7) is 7.29. The second-order valence-corrected chi connectivity index (χ2v) is 6.96. The minimum atomic E-state index is -0.953. The van der Waals surface area contributed by atoms with Gasteiger partial charge in [-0.15, -0.1) is 0 Å². The first kappa shape index (κ1) is 19.5. The number of hydrogen-bond acceptors (Lipinski definition) is 6. The number of hydroxylamine groups is 2. The zero-order valence-corrected chi connectivity index (χ0v) is 16.2. The highest BCUT2D eigenvalue weighted by Crippen LogP contribution is 2.43. The van der Waals surface area contributed by atoms with Crippen molar-refractivity contribution in [2.24, 2.45) is 0 Å². The van der Waals surface area contributed by atoms with Gasteiger partial charge in [-0.2, -0.15) is 0 Å². The molecule has 1 aliphatic rings. The molecule has 0 spiro atoms. The number of methoxy groups -OCH3 is 1. The monoisotopic (exact) mass is 365 g/mol. The second-order valence-electron chi connectivity index (χ2n) is 6.22. The summed E-state index contributed by atoms with van der Waals surface area (Å²) < 4.78 is 10.5. The van der Waals surface area contributed by atoms with Crippen LogP contribution in [0.1, 0.15) is 30.5 Å². The fourth-order valence-corrected chi connectivity index (χ4v) is 3.07. The quantitative estimate of drug-likeness (QED) is 0.586. The summed E-state index contributed by atoms with van der Waals surface area (Å²) >= 11 is 0.948. The van der Waals surface area contributed by atoms with Gasteiger partial charge in [-0.3, -0.25) is 4.79 Å². The molecule has 0 N–H and O–H groups in total. The standard InChI is InChI=1S/C18H23NO5S/c1-11-8-7-9-12(2)13(11)14-15(24-17(21)25-6)18(3,4)19(16(14)20)23-10-22-5/h7-9H,10H2,1-6H3. The molecule has 0 radical (unpaired) electrons. The maximum absolute atomic E-state index is 13.1. The van der Waals surface area contributed by atoms with Crippen molar-refractivity contribution in [3.05, 3.63) is 40.6 Å². The smallest absolute Gasteiger partial charge is 0.372 e. The van der Waals surface area contributed by atoms with E-state index in [0.717, 1.165) is 28.5 Å². The van der Waals surface area contributed by atoms with E-state index in [1.165, 1.54) is 12.2 Å². The Bertz CT molecular complexity index is 706. The Morgan fingerprint density at radius 1 is 1.24 bits per heavy atom. The zero-order valence-electron chi connectivity index (χ0n) is 15.3. The Hall–Kier alpha value is -1.83. The highest BCUT2D eigenvalue weighted by molar-refractivity contribution is 8.12. The number of amides is 1. The van der Waals surface area contributed by atoms with E-state index in [9.17, 15) is 9.59 Å². The van der Waals surface area contributed by atoms with Crippen LogP contribution < -0.4 is 0 Å². The Morgan fingerprint density at radius 3 is 2.36 bits per heavy atom. The Balaban J connectivity index is 2.65. The van der Waals surface area contributed by atoms with Gasteiger partial charge in [-0.25, -0.2) is 14.7 Å². The third-order valence-corrected chi connectivity index (χ3v) is 4.49. The molecule has 1 aromatic carbocycles. The van der Waals surface area contributed by atoms with Crippen LogP contribution in [0.15, 0.2) is 24.0 Å². The fraction of sp³-hybridized carbons (Fsp3) is 0.444. The molecule has 1 aliphatic heterocycles. The van der Waals surface area contributed by atoms with Crippen molar-refractivity contribution in [1.82, 2.24) is 5.06 Å². The van der Waals surface area contributed by atoms with Gasteiger partial charge in [0.15, 0.2) is 6.79 Å². The summed E-state index contributed by atoms with van der Waals surface area (Å²) in [5.41, 5.74) is 1.99. The molecular weight excluding hydrogens is 342 g/mol. The first-order valence-corrected chi connectivity index (χ1v) is 9.01. The second kappa shape index (κ2) is 7.59. The van der Waals surface area contributed by atoms with E-state index in [4.69, 9.17) is 14.3 Å². The first-order chi connectivity index (χ1) is 11.8. The number of benzene rings is 1. The Kier molecular flexibility index (Phi) is 5.92. The van der Waals surface area contributed by atoms with E-state index in [2.05, 4.69) is 0 Å². The van der Waals surface area contributed by atoms with Gasteiger partial charge in [0, 0.05) is 7.11 Å². The topological polar surface area (TPSA) is 65.1 Å². The van der Waals surface area contributed by atoms with Crippen LogP contribution in [0.5, 0.6) is 0 Å². The lowest BCUT2D eigenvalue weighted by atomic mass is 9.93. The molecule has 1 heterocycles. The highest BCUT2D eigenvalue weighted by atomic mass is 32.2. The molecule has 0 bridgehead atoms. The minimum absolute atomic E-state index is 0.0844. The lowest BCUT2D eigenvalue weighted by molar-refractivity contribution is -0.238. The van der Waals surface area contributed by atoms with Gasteiger partial charge in [0.2, 0.25) is 0 Å². The van der Waals surface area contributed by atoms with E-state index >= 15 is 0 Å². The molecule has 0 aromatic heterocycles. The summed E-state index contributed by atoms with van der Waals surface area (Å²) in [6.07, 6.45) is 1.63. The molecule has 6 nitrogen and oxygen atoms in total. The molecule has 2 rings (SSSR count). The first-order valence-electron chi connectivity index (χ1n) is 7.79. The van der Waals surface area contributed by atoms with Crippen molar-refractivity contribution in [2.45, 2.75) is 33.2 Å². The maximum Gasteiger partial charge on any atom is 0.372 e. The maximum atomic E-state index is 13.1. The number of ether oxygens (including phenoxy) is 2. The minimum Gasteiger partial charge on any atom is -0.419 e. The van der Waals surface area contributed by atoms with Crippen LogP contribution in [-0.4, -0.2) is 42.0 Å². The van der Waals surface area contributed by atoms with Gasteiger partial charge in [0.05, 0.1) is 5.57 Å². The Morgan fingerprint density at radius 2 is 1.84 bits per heavy atom. The predicted octanol–water partition coefficient (Wildman–Crippen LogP) is 3.67. The van der Waals surface area contributed by atoms with Gasteiger partial charge < -0.3 is 9.47 Å². The average Bonchev–Trinajstić information content (AvgIpc) is 2.73. The van der Waals surface area contributed by atoms with Crippen LogP contribution in [0.4, 0.5) is 4.79 Å². The van der Waals surface area contributed by atoms with Crippen molar-refractivity contribution in [1.29, 1.82) is 0 Å². The average molecular weight is 365 g/mol. The molecule has 0 saturated carbocycles. The normalized spacial score (nSPS) is 16.6. The summed E-state index contributed by atoms with van der Waals surface area (Å²) in [5, 5.41) is 0.730. The van der Waals surface area contributed by atoms with Gasteiger partial charge in [0.25, 0.3) is 5.91 Å². The van der Waals surface area contributed by atoms with Gasteiger partial charge >= 0.3 is 5.30 Å². The largest absolute Gasteiger partial charge is 0.419 e. The van der Waals surface area contributed by atoms with E-state index < -0.39 is 10.8 Å². The predicted molar refractivity (Wildman–Crippen MR) is 96.7 cm³/mol. The van der Waals surface area contributed by atoms with Crippen LogP contribution in [0.25, 0.3) is 5.57 Å². The SMILES string of the molecule is COCON1C(=O)C(c2c(C)cccc2C)=C(OC(=O)SC)C1(C)C. The molecule has 7 heteroatoms. The number of rotatable bonds is 5. The number of thioether (sulfide) groups is 1. The van der Waals surface area contributed by atoms with E-state index in [-0.39, 0.29) is 18.5 Å². The van der Waals surface area contributed by atoms with Crippen LogP contribution in [-0.2, 0) is 19.1 Å². The van der Waals surface area contributed by atoms with E-state index in [1.54, 1.807) is 20.1 Å². The van der Waals surface area contributed by atoms with Crippen molar-refractivity contribution in [2.75, 3.05) is 20.2 Å². The molecule has 25 heavy (non-hydrogen) atoms. The summed E-state index contributed by atoms with van der Waals surface area (Å²) in [7, 11) is 1.47. The third-order valence-electron chi connectivity index (χ3n) is 4.07. The Labute approximate surface area is 152 Å². The lowest BCUT2D eigenvalue weighted by Gasteiger charge is -2.31. The van der Waals surface area contributed by atoms with E-state index in [1.807, 2.05) is 32.0 Å². The zero-order chi connectivity index (χ0) is 18.8. The molecule has 0 saturated heterocycles. The van der Waals surface area contributed by atoms with Crippen LogP contribution >= 0.6 is 11.8 Å². The lowest BCUT2D eigenvalue weighted by Crippen LogP contribution is -2.44. The fourth-order valence-electron chi connectivity index (χ4n) is 2.91. The van der Waals surface area contributed by atoms with E-state index in [0.29, 0.717) is 5.57 Å². The van der Waals surface area contributed by atoms with Crippen molar-refractivity contribution >= 4 is 28.5 Å². The molecule has 0 aliphatic carbocycles. The number of aryl methyl sites for hydroxylation is 2. The molecule has 0 atom stereocenters. The number of carbonyl (C=O) groups excluding carboxylic acids is 2. The van der Waals surface area contributed by atoms with Gasteiger partial charge in [0.1, 0.15) is 11.3 Å². The van der Waals surface area contributed by atoms with Crippen LogP contribution in [0.2, 0.25) is 0 Å². The number of hydrogen-bond donors (Lipinski definition) is 0. The van der Waals surface area contributed by atoms with Gasteiger partial charge in [-0.1, -0.05) is 18.2 Å². The number of nitrogens with zero attached hydrogens (tertiary/aromatic N) is 1. The summed E-state index contributed by atoms with van der Waals surface area (Å²) in [5.74, 6) is -0.0753. The molecule has 0 fully saturated rings.